The fourth-order valence-electron chi connectivity index (χ4n) is 1.14. The van der Waals surface area contributed by atoms with Gasteiger partial charge in [0.25, 0.3) is 0 Å². The maximum Gasteiger partial charge on any atom is 0.419 e. The molecule has 1 aromatic rings. The summed E-state index contributed by atoms with van der Waals surface area (Å²) in [4.78, 5) is 11.6. The smallest absolute Gasteiger partial charge is 0.326 e. The zero-order valence-corrected chi connectivity index (χ0v) is 10.2. The van der Waals surface area contributed by atoms with Crippen molar-refractivity contribution in [3.8, 4) is 0 Å². The van der Waals surface area contributed by atoms with Crippen molar-refractivity contribution < 1.29 is 22.4 Å². The van der Waals surface area contributed by atoms with Crippen LogP contribution in [0.1, 0.15) is 26.3 Å². The highest BCUT2D eigenvalue weighted by Gasteiger charge is 2.34. The number of anilines is 1. The van der Waals surface area contributed by atoms with Crippen LogP contribution in [0.5, 0.6) is 0 Å². The second-order valence-corrected chi connectivity index (χ2v) is 4.90. The Hall–Kier alpha value is -1.59. The number of hydrogen-bond acceptors (Lipinski definition) is 1. The quantitative estimate of drug-likeness (QED) is 0.766. The molecular formula is C12H13F4NO. The number of benzene rings is 1. The number of amides is 1. The van der Waals surface area contributed by atoms with Gasteiger partial charge in [0.05, 0.1) is 5.56 Å². The molecule has 2 nitrogen and oxygen atoms in total. The minimum Gasteiger partial charge on any atom is -0.326 e. The van der Waals surface area contributed by atoms with Crippen LogP contribution in [0, 0.1) is 11.2 Å². The van der Waals surface area contributed by atoms with E-state index in [2.05, 4.69) is 5.32 Å². The lowest BCUT2D eigenvalue weighted by molar-refractivity contribution is -0.139. The Labute approximate surface area is 102 Å². The molecule has 1 amide bonds. The second kappa shape index (κ2) is 4.59. The Morgan fingerprint density at radius 2 is 1.72 bits per heavy atom. The molecule has 0 aliphatic rings. The standard InChI is InChI=1S/C12H13F4NO/c1-11(2,3)10(18)17-7-4-5-8(9(13)6-7)12(14,15)16/h4-6H,1-3H3,(H,17,18). The molecule has 0 heterocycles. The largest absolute Gasteiger partial charge is 0.419 e. The van der Waals surface area contributed by atoms with Gasteiger partial charge in [0, 0.05) is 11.1 Å². The molecular weight excluding hydrogens is 250 g/mol. The van der Waals surface area contributed by atoms with E-state index in [-0.39, 0.29) is 5.69 Å². The predicted molar refractivity (Wildman–Crippen MR) is 59.5 cm³/mol. The lowest BCUT2D eigenvalue weighted by atomic mass is 9.95. The van der Waals surface area contributed by atoms with Crippen LogP contribution in [-0.4, -0.2) is 5.91 Å². The summed E-state index contributed by atoms with van der Waals surface area (Å²) < 4.78 is 50.1. The lowest BCUT2D eigenvalue weighted by Crippen LogP contribution is -2.27. The van der Waals surface area contributed by atoms with E-state index >= 15 is 0 Å². The molecule has 0 spiro atoms. The molecule has 1 N–H and O–H groups in total. The Morgan fingerprint density at radius 1 is 1.17 bits per heavy atom. The Balaban J connectivity index is 2.96. The summed E-state index contributed by atoms with van der Waals surface area (Å²) in [6, 6.07) is 2.29. The SMILES string of the molecule is CC(C)(C)C(=O)Nc1ccc(C(F)(F)F)c(F)c1. The summed E-state index contributed by atoms with van der Waals surface area (Å²) in [5.74, 6) is -1.81. The average molecular weight is 263 g/mol. The minimum atomic E-state index is -4.74. The first-order valence-corrected chi connectivity index (χ1v) is 5.20. The van der Waals surface area contributed by atoms with Crippen molar-refractivity contribution in [2.24, 2.45) is 5.41 Å². The number of carbonyl (C=O) groups is 1. The molecule has 0 saturated carbocycles. The fraction of sp³-hybridized carbons (Fsp3) is 0.417. The summed E-state index contributed by atoms with van der Waals surface area (Å²) in [6.45, 7) is 4.92. The first kappa shape index (κ1) is 14.5. The molecule has 0 bridgehead atoms. The molecule has 6 heteroatoms. The molecule has 1 aromatic carbocycles. The van der Waals surface area contributed by atoms with E-state index in [1.807, 2.05) is 0 Å². The van der Waals surface area contributed by atoms with Crippen LogP contribution < -0.4 is 5.32 Å². The van der Waals surface area contributed by atoms with Crippen LogP contribution in [0.4, 0.5) is 23.2 Å². The van der Waals surface area contributed by atoms with Gasteiger partial charge in [0.15, 0.2) is 0 Å². The summed E-state index contributed by atoms with van der Waals surface area (Å²) in [5, 5.41) is 2.36. The molecule has 18 heavy (non-hydrogen) atoms. The third-order valence-electron chi connectivity index (χ3n) is 2.21. The summed E-state index contributed by atoms with van der Waals surface area (Å²) in [5.41, 5.74) is -2.06. The first-order valence-electron chi connectivity index (χ1n) is 5.20. The molecule has 1 rings (SSSR count). The van der Waals surface area contributed by atoms with Gasteiger partial charge in [-0.15, -0.1) is 0 Å². The van der Waals surface area contributed by atoms with Crippen molar-refractivity contribution in [2.45, 2.75) is 26.9 Å². The van der Waals surface area contributed by atoms with Crippen LogP contribution in [0.15, 0.2) is 18.2 Å². The van der Waals surface area contributed by atoms with Gasteiger partial charge in [0.1, 0.15) is 5.82 Å². The van der Waals surface area contributed by atoms with Crippen LogP contribution in [0.25, 0.3) is 0 Å². The molecule has 0 unspecified atom stereocenters. The van der Waals surface area contributed by atoms with Gasteiger partial charge in [-0.25, -0.2) is 4.39 Å². The third-order valence-corrected chi connectivity index (χ3v) is 2.21. The highest BCUT2D eigenvalue weighted by Crippen LogP contribution is 2.32. The number of alkyl halides is 3. The number of rotatable bonds is 1. The summed E-state index contributed by atoms with van der Waals surface area (Å²) in [6.07, 6.45) is -4.74. The van der Waals surface area contributed by atoms with Gasteiger partial charge in [-0.2, -0.15) is 13.2 Å². The topological polar surface area (TPSA) is 29.1 Å². The van der Waals surface area contributed by atoms with Crippen molar-refractivity contribution in [1.82, 2.24) is 0 Å². The molecule has 0 aliphatic heterocycles. The average Bonchev–Trinajstić information content (AvgIpc) is 2.13. The van der Waals surface area contributed by atoms with Gasteiger partial charge >= 0.3 is 6.18 Å². The molecule has 0 radical (unpaired) electrons. The molecule has 0 atom stereocenters. The van der Waals surface area contributed by atoms with E-state index in [0.717, 1.165) is 6.07 Å². The molecule has 0 saturated heterocycles. The molecule has 0 aliphatic carbocycles. The first-order chi connectivity index (χ1) is 8.01. The van der Waals surface area contributed by atoms with Gasteiger partial charge in [0.2, 0.25) is 5.91 Å². The van der Waals surface area contributed by atoms with Gasteiger partial charge in [-0.1, -0.05) is 20.8 Å². The number of halogens is 4. The van der Waals surface area contributed by atoms with Gasteiger partial charge < -0.3 is 5.32 Å². The van der Waals surface area contributed by atoms with E-state index in [1.165, 1.54) is 0 Å². The monoisotopic (exact) mass is 263 g/mol. The maximum atomic E-state index is 13.2. The highest BCUT2D eigenvalue weighted by atomic mass is 19.4. The van der Waals surface area contributed by atoms with Crippen molar-refractivity contribution in [1.29, 1.82) is 0 Å². The van der Waals surface area contributed by atoms with Gasteiger partial charge in [-0.05, 0) is 18.2 Å². The van der Waals surface area contributed by atoms with Crippen molar-refractivity contribution in [3.05, 3.63) is 29.6 Å². The highest BCUT2D eigenvalue weighted by molar-refractivity contribution is 5.94. The van der Waals surface area contributed by atoms with E-state index in [9.17, 15) is 22.4 Å². The van der Waals surface area contributed by atoms with Crippen LogP contribution in [0.3, 0.4) is 0 Å². The van der Waals surface area contributed by atoms with Crippen LogP contribution >= 0.6 is 0 Å². The Morgan fingerprint density at radius 3 is 2.11 bits per heavy atom. The zero-order chi connectivity index (χ0) is 14.1. The zero-order valence-electron chi connectivity index (χ0n) is 10.2. The van der Waals surface area contributed by atoms with E-state index in [0.29, 0.717) is 12.1 Å². The molecule has 0 aromatic heterocycles. The summed E-state index contributed by atoms with van der Waals surface area (Å²) in [7, 11) is 0. The fourth-order valence-corrected chi connectivity index (χ4v) is 1.14. The van der Waals surface area contributed by atoms with E-state index < -0.39 is 28.9 Å². The Bertz CT molecular complexity index is 460. The molecule has 0 fully saturated rings. The van der Waals surface area contributed by atoms with Crippen molar-refractivity contribution >= 4 is 11.6 Å². The number of carbonyl (C=O) groups excluding carboxylic acids is 1. The second-order valence-electron chi connectivity index (χ2n) is 4.90. The third kappa shape index (κ3) is 3.45. The van der Waals surface area contributed by atoms with Crippen molar-refractivity contribution in [3.63, 3.8) is 0 Å². The van der Waals surface area contributed by atoms with Crippen LogP contribution in [0.2, 0.25) is 0 Å². The number of hydrogen-bond donors (Lipinski definition) is 1. The lowest BCUT2D eigenvalue weighted by Gasteiger charge is -2.18. The summed E-state index contributed by atoms with van der Waals surface area (Å²) >= 11 is 0. The van der Waals surface area contributed by atoms with Crippen LogP contribution in [-0.2, 0) is 11.0 Å². The van der Waals surface area contributed by atoms with Gasteiger partial charge in [-0.3, -0.25) is 4.79 Å². The van der Waals surface area contributed by atoms with E-state index in [1.54, 1.807) is 20.8 Å². The Kier molecular flexibility index (Phi) is 3.69. The maximum absolute atomic E-state index is 13.2. The number of nitrogens with one attached hydrogen (secondary N) is 1. The van der Waals surface area contributed by atoms with Crippen molar-refractivity contribution in [2.75, 3.05) is 5.32 Å². The minimum absolute atomic E-state index is 0.000394. The normalized spacial score (nSPS) is 12.4. The predicted octanol–water partition coefficient (Wildman–Crippen LogP) is 3.83. The molecule has 100 valence electrons. The van der Waals surface area contributed by atoms with E-state index in [4.69, 9.17) is 0 Å².